The summed E-state index contributed by atoms with van der Waals surface area (Å²) in [5, 5.41) is 3.08. The summed E-state index contributed by atoms with van der Waals surface area (Å²) in [4.78, 5) is 27.9. The molecule has 1 N–H and O–H groups in total. The number of benzene rings is 2. The van der Waals surface area contributed by atoms with Crippen LogP contribution in [0.1, 0.15) is 33.3 Å². The van der Waals surface area contributed by atoms with Crippen LogP contribution in [0.2, 0.25) is 5.02 Å². The first-order valence-corrected chi connectivity index (χ1v) is 13.4. The van der Waals surface area contributed by atoms with Gasteiger partial charge < -0.3 is 19.7 Å². The Kier molecular flexibility index (Phi) is 9.62. The fourth-order valence-corrected chi connectivity index (χ4v) is 4.50. The van der Waals surface area contributed by atoms with Crippen LogP contribution in [0.25, 0.3) is 0 Å². The van der Waals surface area contributed by atoms with Crippen LogP contribution in [0.4, 0.5) is 5.69 Å². The van der Waals surface area contributed by atoms with Gasteiger partial charge in [0.25, 0.3) is 0 Å². The van der Waals surface area contributed by atoms with Crippen molar-refractivity contribution in [1.29, 1.82) is 0 Å². The third kappa shape index (κ3) is 8.03. The minimum absolute atomic E-state index is 0.0858. The molecule has 0 aliphatic heterocycles. The van der Waals surface area contributed by atoms with Gasteiger partial charge in [0.1, 0.15) is 24.1 Å². The van der Waals surface area contributed by atoms with Crippen molar-refractivity contribution >= 4 is 39.1 Å². The Bertz CT molecular complexity index is 1180. The molecule has 9 nitrogen and oxygen atoms in total. The van der Waals surface area contributed by atoms with E-state index in [9.17, 15) is 18.0 Å². The summed E-state index contributed by atoms with van der Waals surface area (Å²) >= 11 is 6.20. The van der Waals surface area contributed by atoms with Gasteiger partial charge in [0.05, 0.1) is 31.2 Å². The Morgan fingerprint density at radius 1 is 1.06 bits per heavy atom. The number of rotatable bonds is 10. The molecule has 0 aromatic heterocycles. The number of halogens is 1. The van der Waals surface area contributed by atoms with E-state index in [-0.39, 0.29) is 23.2 Å². The lowest BCUT2D eigenvalue weighted by molar-refractivity contribution is -0.140. The highest BCUT2D eigenvalue weighted by molar-refractivity contribution is 7.92. The van der Waals surface area contributed by atoms with E-state index in [1.807, 2.05) is 20.8 Å². The molecule has 0 heterocycles. The second-order valence-corrected chi connectivity index (χ2v) is 11.7. The molecule has 0 spiro atoms. The van der Waals surface area contributed by atoms with Crippen LogP contribution in [0.5, 0.6) is 11.5 Å². The number of hydrogen-bond donors (Lipinski definition) is 1. The predicted molar refractivity (Wildman–Crippen MR) is 141 cm³/mol. The van der Waals surface area contributed by atoms with Gasteiger partial charge in [-0.15, -0.1) is 0 Å². The molecule has 1 atom stereocenters. The minimum atomic E-state index is -3.87. The van der Waals surface area contributed by atoms with Crippen molar-refractivity contribution in [3.8, 4) is 11.5 Å². The van der Waals surface area contributed by atoms with Crippen molar-refractivity contribution in [2.24, 2.45) is 0 Å². The van der Waals surface area contributed by atoms with E-state index >= 15 is 0 Å². The van der Waals surface area contributed by atoms with E-state index in [1.54, 1.807) is 38.3 Å². The normalized spacial score (nSPS) is 12.4. The quantitative estimate of drug-likeness (QED) is 0.496. The molecule has 0 unspecified atom stereocenters. The SMILES string of the molecule is COc1ccc(CN(C(=O)CN(c2ccc(OC)c(Cl)c2)S(C)(=O)=O)[C@@H](C)C(=O)NC(C)(C)C)cc1. The summed E-state index contributed by atoms with van der Waals surface area (Å²) in [7, 11) is -0.875. The van der Waals surface area contributed by atoms with Crippen LogP contribution >= 0.6 is 11.6 Å². The highest BCUT2D eigenvalue weighted by atomic mass is 35.5. The lowest BCUT2D eigenvalue weighted by atomic mass is 10.1. The van der Waals surface area contributed by atoms with Crippen LogP contribution in [-0.2, 0) is 26.2 Å². The van der Waals surface area contributed by atoms with Gasteiger partial charge in [-0.05, 0) is 63.6 Å². The fourth-order valence-electron chi connectivity index (χ4n) is 3.41. The molecule has 0 saturated heterocycles. The largest absolute Gasteiger partial charge is 0.497 e. The van der Waals surface area contributed by atoms with E-state index < -0.39 is 34.1 Å². The van der Waals surface area contributed by atoms with Crippen LogP contribution in [0.3, 0.4) is 0 Å². The summed E-state index contributed by atoms with van der Waals surface area (Å²) in [5.41, 5.74) is 0.435. The number of hydrogen-bond acceptors (Lipinski definition) is 6. The van der Waals surface area contributed by atoms with Gasteiger partial charge in [0.2, 0.25) is 21.8 Å². The number of anilines is 1. The van der Waals surface area contributed by atoms with Gasteiger partial charge in [-0.25, -0.2) is 8.42 Å². The predicted octanol–water partition coefficient (Wildman–Crippen LogP) is 3.46. The number of sulfonamides is 1. The summed E-state index contributed by atoms with van der Waals surface area (Å²) < 4.78 is 36.6. The maximum absolute atomic E-state index is 13.6. The molecule has 36 heavy (non-hydrogen) atoms. The van der Waals surface area contributed by atoms with Gasteiger partial charge in [-0.2, -0.15) is 0 Å². The maximum atomic E-state index is 13.6. The Hall–Kier alpha value is -2.98. The monoisotopic (exact) mass is 539 g/mol. The standard InChI is InChI=1S/C25H34ClN3O6S/c1-17(24(31)27-25(2,3)4)28(15-18-8-11-20(34-5)12-9-18)23(30)16-29(36(7,32)33)19-10-13-22(35-6)21(26)14-19/h8-14,17H,15-16H2,1-7H3,(H,27,31)/t17-/m0/s1. The van der Waals surface area contributed by atoms with Crippen molar-refractivity contribution < 1.29 is 27.5 Å². The molecule has 0 saturated carbocycles. The average Bonchev–Trinajstić information content (AvgIpc) is 2.78. The number of carbonyl (C=O) groups is 2. The number of ether oxygens (including phenoxy) is 2. The minimum Gasteiger partial charge on any atom is -0.497 e. The topological polar surface area (TPSA) is 105 Å². The highest BCUT2D eigenvalue weighted by Crippen LogP contribution is 2.30. The second kappa shape index (κ2) is 11.8. The zero-order chi connectivity index (χ0) is 27.3. The summed E-state index contributed by atoms with van der Waals surface area (Å²) in [5.74, 6) is 0.103. The molecule has 0 aliphatic rings. The van der Waals surface area contributed by atoms with E-state index in [0.29, 0.717) is 11.5 Å². The highest BCUT2D eigenvalue weighted by Gasteiger charge is 2.31. The van der Waals surface area contributed by atoms with Gasteiger partial charge in [0.15, 0.2) is 0 Å². The van der Waals surface area contributed by atoms with E-state index in [4.69, 9.17) is 21.1 Å². The van der Waals surface area contributed by atoms with Crippen LogP contribution in [-0.4, -0.2) is 63.7 Å². The van der Waals surface area contributed by atoms with Gasteiger partial charge in [-0.3, -0.25) is 13.9 Å². The van der Waals surface area contributed by atoms with Crippen molar-refractivity contribution in [3.05, 3.63) is 53.1 Å². The average molecular weight is 540 g/mol. The third-order valence-corrected chi connectivity index (χ3v) is 6.72. The van der Waals surface area contributed by atoms with E-state index in [2.05, 4.69) is 5.32 Å². The van der Waals surface area contributed by atoms with Crippen LogP contribution < -0.4 is 19.1 Å². The number of nitrogens with one attached hydrogen (secondary N) is 1. The van der Waals surface area contributed by atoms with Gasteiger partial charge in [-0.1, -0.05) is 23.7 Å². The number of methoxy groups -OCH3 is 2. The molecule has 0 aliphatic carbocycles. The molecule has 0 fully saturated rings. The lowest BCUT2D eigenvalue weighted by Crippen LogP contribution is -2.54. The smallest absolute Gasteiger partial charge is 0.244 e. The first kappa shape index (κ1) is 29.3. The molecular weight excluding hydrogens is 506 g/mol. The molecule has 198 valence electrons. The number of nitrogens with zero attached hydrogens (tertiary/aromatic N) is 2. The first-order chi connectivity index (χ1) is 16.7. The third-order valence-electron chi connectivity index (χ3n) is 5.28. The van der Waals surface area contributed by atoms with Crippen molar-refractivity contribution in [1.82, 2.24) is 10.2 Å². The van der Waals surface area contributed by atoms with E-state index in [1.165, 1.54) is 30.2 Å². The molecule has 2 aromatic carbocycles. The van der Waals surface area contributed by atoms with Gasteiger partial charge in [0, 0.05) is 12.1 Å². The van der Waals surface area contributed by atoms with Crippen LogP contribution in [0.15, 0.2) is 42.5 Å². The van der Waals surface area contributed by atoms with Crippen molar-refractivity contribution in [2.75, 3.05) is 31.3 Å². The Morgan fingerprint density at radius 3 is 2.14 bits per heavy atom. The second-order valence-electron chi connectivity index (χ2n) is 9.37. The van der Waals surface area contributed by atoms with E-state index in [0.717, 1.165) is 16.1 Å². The Balaban J connectivity index is 2.42. The van der Waals surface area contributed by atoms with Crippen molar-refractivity contribution in [2.45, 2.75) is 45.8 Å². The molecule has 2 rings (SSSR count). The fraction of sp³-hybridized carbons (Fsp3) is 0.440. The molecular formula is C25H34ClN3O6S. The maximum Gasteiger partial charge on any atom is 0.244 e. The molecule has 0 radical (unpaired) electrons. The lowest BCUT2D eigenvalue weighted by Gasteiger charge is -2.33. The molecule has 2 aromatic rings. The zero-order valence-corrected chi connectivity index (χ0v) is 23.2. The van der Waals surface area contributed by atoms with Crippen LogP contribution in [0, 0.1) is 0 Å². The Morgan fingerprint density at radius 2 is 1.67 bits per heavy atom. The Labute approximate surface area is 218 Å². The summed E-state index contributed by atoms with van der Waals surface area (Å²) in [6.07, 6.45) is 1.00. The molecule has 0 bridgehead atoms. The summed E-state index contributed by atoms with van der Waals surface area (Å²) in [6.45, 7) is 6.69. The summed E-state index contributed by atoms with van der Waals surface area (Å²) in [6, 6.07) is 10.6. The first-order valence-electron chi connectivity index (χ1n) is 11.2. The van der Waals surface area contributed by atoms with Gasteiger partial charge >= 0.3 is 0 Å². The number of carbonyl (C=O) groups excluding carboxylic acids is 2. The molecule has 11 heteroatoms. The van der Waals surface area contributed by atoms with Crippen molar-refractivity contribution in [3.63, 3.8) is 0 Å². The zero-order valence-electron chi connectivity index (χ0n) is 21.7. The molecule has 2 amide bonds. The number of amides is 2.